The molecule has 2 aromatic carbocycles. The van der Waals surface area contributed by atoms with Crippen molar-refractivity contribution in [2.45, 2.75) is 55.4 Å². The Bertz CT molecular complexity index is 1960. The molecule has 0 radical (unpaired) electrons. The molecule has 2 N–H and O–H groups in total. The van der Waals surface area contributed by atoms with E-state index in [9.17, 15) is 19.5 Å². The van der Waals surface area contributed by atoms with Crippen LogP contribution in [0.15, 0.2) is 67.3 Å². The lowest BCUT2D eigenvalue weighted by atomic mass is 9.72. The van der Waals surface area contributed by atoms with Crippen molar-refractivity contribution in [2.75, 3.05) is 46.4 Å². The molecule has 0 spiro atoms. The Morgan fingerprint density at radius 1 is 0.962 bits per heavy atom. The second-order valence-electron chi connectivity index (χ2n) is 14.1. The third-order valence-corrected chi connectivity index (χ3v) is 12.0. The number of carbonyl (C=O) groups is 3. The molecule has 14 nitrogen and oxygen atoms in total. The summed E-state index contributed by atoms with van der Waals surface area (Å²) >= 11 is 12.9. The lowest BCUT2D eigenvalue weighted by molar-refractivity contribution is -0.145. The molecule has 3 fully saturated rings. The van der Waals surface area contributed by atoms with Gasteiger partial charge in [0.15, 0.2) is 0 Å². The molecule has 2 aromatic heterocycles. The number of methoxy groups -OCH3 is 1. The van der Waals surface area contributed by atoms with E-state index < -0.39 is 22.8 Å². The number of pyridine rings is 1. The maximum absolute atomic E-state index is 14.2. The van der Waals surface area contributed by atoms with Gasteiger partial charge in [-0.2, -0.15) is 0 Å². The maximum atomic E-state index is 14.2. The topological polar surface area (TPSA) is 159 Å². The Balaban J connectivity index is 1.09. The number of nitrogens with one attached hydrogen (secondary N) is 1. The normalized spacial score (nSPS) is 21.8. The molecule has 4 aromatic rings. The fourth-order valence-electron chi connectivity index (χ4n) is 8.15. The number of ether oxygens (including phenoxy) is 1. The highest BCUT2D eigenvalue weighted by atomic mass is 35.5. The minimum absolute atomic E-state index is 0.159. The summed E-state index contributed by atoms with van der Waals surface area (Å²) in [6.07, 6.45) is 8.61. The van der Waals surface area contributed by atoms with Crippen LogP contribution in [0.1, 0.15) is 60.0 Å². The number of nitrogens with zero attached hydrogens (tertiary/aromatic N) is 8. The SMILES string of the molecule is COc1ccc(-n2cnnn2)cc1C(=O)N1CCC(CCN2CCC(C(=O)NN3CCCC3C(=O)O)(c3ccncc3)CC2)(c2ccc(Cl)c(Cl)c2)C1. The lowest BCUT2D eigenvalue weighted by Gasteiger charge is -2.43. The average molecular weight is 763 g/mol. The summed E-state index contributed by atoms with van der Waals surface area (Å²) in [6.45, 7) is 3.51. The number of halogens is 2. The molecular formula is C37H41Cl2N9O5. The summed E-state index contributed by atoms with van der Waals surface area (Å²) in [5.41, 5.74) is 4.67. The van der Waals surface area contributed by atoms with Crippen molar-refractivity contribution in [2.24, 2.45) is 0 Å². The number of carboxylic acids is 1. The van der Waals surface area contributed by atoms with Crippen molar-refractivity contribution in [3.05, 3.63) is 94.0 Å². The second kappa shape index (κ2) is 15.4. The first-order chi connectivity index (χ1) is 25.6. The van der Waals surface area contributed by atoms with E-state index >= 15 is 0 Å². The Morgan fingerprint density at radius 2 is 1.75 bits per heavy atom. The first kappa shape index (κ1) is 36.7. The zero-order valence-corrected chi connectivity index (χ0v) is 30.8. The molecule has 278 valence electrons. The van der Waals surface area contributed by atoms with Gasteiger partial charge in [-0.1, -0.05) is 29.3 Å². The molecule has 2 unspecified atom stereocenters. The van der Waals surface area contributed by atoms with E-state index in [1.165, 1.54) is 18.1 Å². The van der Waals surface area contributed by atoms with E-state index in [2.05, 4.69) is 30.8 Å². The van der Waals surface area contributed by atoms with E-state index in [1.54, 1.807) is 35.6 Å². The lowest BCUT2D eigenvalue weighted by Crippen LogP contribution is -2.57. The van der Waals surface area contributed by atoms with Crippen LogP contribution in [0.5, 0.6) is 5.75 Å². The van der Waals surface area contributed by atoms with Crippen LogP contribution in [0.2, 0.25) is 10.0 Å². The summed E-state index contributed by atoms with van der Waals surface area (Å²) < 4.78 is 7.09. The molecule has 5 heterocycles. The number of likely N-dealkylation sites (tertiary alicyclic amines) is 2. The van der Waals surface area contributed by atoms with Gasteiger partial charge in [-0.25, -0.2) is 9.69 Å². The summed E-state index contributed by atoms with van der Waals surface area (Å²) in [5.74, 6) is -0.825. The number of piperidine rings is 1. The van der Waals surface area contributed by atoms with Crippen LogP contribution >= 0.6 is 23.2 Å². The highest BCUT2D eigenvalue weighted by molar-refractivity contribution is 6.42. The van der Waals surface area contributed by atoms with Gasteiger partial charge in [0.1, 0.15) is 18.1 Å². The minimum atomic E-state index is -0.935. The van der Waals surface area contributed by atoms with Crippen molar-refractivity contribution in [3.63, 3.8) is 0 Å². The molecule has 0 aliphatic carbocycles. The maximum Gasteiger partial charge on any atom is 0.322 e. The van der Waals surface area contributed by atoms with Gasteiger partial charge in [-0.15, -0.1) is 5.10 Å². The van der Waals surface area contributed by atoms with Crippen LogP contribution in [0, 0.1) is 0 Å². The number of hydrogen-bond donors (Lipinski definition) is 2. The highest BCUT2D eigenvalue weighted by Crippen LogP contribution is 2.42. The molecule has 7 rings (SSSR count). The summed E-state index contributed by atoms with van der Waals surface area (Å²) in [4.78, 5) is 48.6. The molecule has 3 aliphatic heterocycles. The van der Waals surface area contributed by atoms with E-state index in [1.807, 2.05) is 35.2 Å². The van der Waals surface area contributed by atoms with E-state index in [4.69, 9.17) is 27.9 Å². The Labute approximate surface area is 317 Å². The predicted octanol–water partition coefficient (Wildman–Crippen LogP) is 4.16. The van der Waals surface area contributed by atoms with Crippen LogP contribution in [-0.2, 0) is 20.4 Å². The van der Waals surface area contributed by atoms with Crippen molar-refractivity contribution < 1.29 is 24.2 Å². The van der Waals surface area contributed by atoms with Crippen LogP contribution in [0.4, 0.5) is 0 Å². The van der Waals surface area contributed by atoms with Crippen molar-refractivity contribution in [1.29, 1.82) is 0 Å². The molecule has 0 saturated carbocycles. The van der Waals surface area contributed by atoms with Gasteiger partial charge in [-0.05, 0) is 122 Å². The van der Waals surface area contributed by atoms with Crippen molar-refractivity contribution in [1.82, 2.24) is 45.4 Å². The van der Waals surface area contributed by atoms with E-state index in [0.717, 1.165) is 24.1 Å². The quantitative estimate of drug-likeness (QED) is 0.226. The third-order valence-electron chi connectivity index (χ3n) is 11.3. The van der Waals surface area contributed by atoms with Crippen molar-refractivity contribution >= 4 is 41.0 Å². The van der Waals surface area contributed by atoms with Gasteiger partial charge in [0.05, 0.1) is 33.8 Å². The minimum Gasteiger partial charge on any atom is -0.496 e. The predicted molar refractivity (Wildman–Crippen MR) is 196 cm³/mol. The number of carboxylic acid groups (broad SMARTS) is 1. The van der Waals surface area contributed by atoms with Gasteiger partial charge in [0.2, 0.25) is 5.91 Å². The zero-order valence-electron chi connectivity index (χ0n) is 29.3. The fraction of sp³-hybridized carbons (Fsp3) is 0.432. The number of aromatic nitrogens is 5. The average Bonchev–Trinajstić information content (AvgIpc) is 3.98. The highest BCUT2D eigenvalue weighted by Gasteiger charge is 2.46. The fourth-order valence-corrected chi connectivity index (χ4v) is 8.45. The summed E-state index contributed by atoms with van der Waals surface area (Å²) in [7, 11) is 1.54. The van der Waals surface area contributed by atoms with Gasteiger partial charge in [0.25, 0.3) is 5.91 Å². The molecule has 16 heteroatoms. The third kappa shape index (κ3) is 7.33. The molecule has 53 heavy (non-hydrogen) atoms. The number of benzene rings is 2. The number of rotatable bonds is 11. The number of aliphatic carboxylic acids is 1. The molecule has 3 aliphatic rings. The van der Waals surface area contributed by atoms with E-state index in [-0.39, 0.29) is 11.8 Å². The van der Waals surface area contributed by atoms with Crippen LogP contribution in [-0.4, -0.2) is 115 Å². The molecular weight excluding hydrogens is 721 g/mol. The van der Waals surface area contributed by atoms with Crippen LogP contribution in [0.25, 0.3) is 5.69 Å². The number of carbonyl (C=O) groups excluding carboxylic acids is 2. The van der Waals surface area contributed by atoms with Crippen molar-refractivity contribution in [3.8, 4) is 11.4 Å². The van der Waals surface area contributed by atoms with Gasteiger partial charge >= 0.3 is 5.97 Å². The number of hydrogen-bond acceptors (Lipinski definition) is 10. The van der Waals surface area contributed by atoms with Gasteiger partial charge in [-0.3, -0.25) is 24.8 Å². The summed E-state index contributed by atoms with van der Waals surface area (Å²) in [6, 6.07) is 14.0. The zero-order chi connectivity index (χ0) is 37.2. The first-order valence-corrected chi connectivity index (χ1v) is 18.5. The van der Waals surface area contributed by atoms with Crippen LogP contribution in [0.3, 0.4) is 0 Å². The first-order valence-electron chi connectivity index (χ1n) is 17.7. The molecule has 2 amide bonds. The number of tetrazole rings is 1. The van der Waals surface area contributed by atoms with Crippen LogP contribution < -0.4 is 10.2 Å². The Kier molecular flexibility index (Phi) is 10.7. The van der Waals surface area contributed by atoms with E-state index in [0.29, 0.717) is 91.9 Å². The second-order valence-corrected chi connectivity index (χ2v) is 14.9. The monoisotopic (exact) mass is 761 g/mol. The Hall–Kier alpha value is -4.63. The van der Waals surface area contributed by atoms with Gasteiger partial charge in [0, 0.05) is 37.4 Å². The Morgan fingerprint density at radius 3 is 2.45 bits per heavy atom. The summed E-state index contributed by atoms with van der Waals surface area (Å²) in [5, 5.41) is 23.6. The largest absolute Gasteiger partial charge is 0.496 e. The number of hydrazine groups is 1. The smallest absolute Gasteiger partial charge is 0.322 e. The standard InChI is InChI=1S/C37H41Cl2N9O5/c1-53-32-7-5-27(48-24-41-43-44-48)22-28(32)33(49)46-20-11-36(23-46,26-4-6-29(38)30(39)21-26)10-17-45-18-12-37(13-19-45,25-8-14-40-15-9-25)35(52)42-47-16-2-3-31(47)34(50)51/h4-9,14-15,21-22,24,31H,2-3,10-13,16-20,23H2,1H3,(H,42,52)(H,50,51). The molecule has 3 saturated heterocycles. The number of amides is 2. The van der Waals surface area contributed by atoms with Gasteiger partial charge < -0.3 is 19.6 Å². The molecule has 0 bridgehead atoms. The molecule has 2 atom stereocenters.